The lowest BCUT2D eigenvalue weighted by atomic mass is 10.2. The topological polar surface area (TPSA) is 90.1 Å². The molecule has 21 heavy (non-hydrogen) atoms. The molecule has 0 aliphatic carbocycles. The zero-order valence-electron chi connectivity index (χ0n) is 12.1. The van der Waals surface area contributed by atoms with Gasteiger partial charge in [0, 0.05) is 5.69 Å². The van der Waals surface area contributed by atoms with E-state index in [1.165, 1.54) is 0 Å². The molecule has 2 aromatic heterocycles. The van der Waals surface area contributed by atoms with Gasteiger partial charge in [-0.2, -0.15) is 0 Å². The number of nitrogen functional groups attached to an aromatic ring is 1. The molecule has 0 fully saturated rings. The zero-order chi connectivity index (χ0) is 15.2. The average Bonchev–Trinajstić information content (AvgIpc) is 2.53. The van der Waals surface area contributed by atoms with Crippen LogP contribution in [-0.2, 0) is 13.0 Å². The third-order valence-corrected chi connectivity index (χ3v) is 2.95. The first-order valence-electron chi connectivity index (χ1n) is 6.70. The first-order chi connectivity index (χ1) is 10.1. The second-order valence-electron chi connectivity index (χ2n) is 4.53. The van der Waals surface area contributed by atoms with E-state index in [2.05, 4.69) is 15.4 Å². The lowest BCUT2D eigenvalue weighted by Crippen LogP contribution is -2.30. The molecular formula is C15H18N4O2. The number of aromatic nitrogens is 2. The van der Waals surface area contributed by atoms with Crippen molar-refractivity contribution in [3.8, 4) is 5.75 Å². The van der Waals surface area contributed by atoms with Crippen LogP contribution >= 0.6 is 0 Å². The number of aryl methyl sites for hydroxylation is 2. The highest BCUT2D eigenvalue weighted by molar-refractivity contribution is 5.91. The van der Waals surface area contributed by atoms with Crippen LogP contribution in [0, 0.1) is 6.92 Å². The SMILES string of the molecule is CCc1nc(C)ccc1OCc1cccc(C(=O)NN)n1. The fourth-order valence-corrected chi connectivity index (χ4v) is 1.89. The van der Waals surface area contributed by atoms with Crippen molar-refractivity contribution in [1.82, 2.24) is 15.4 Å². The van der Waals surface area contributed by atoms with Crippen molar-refractivity contribution >= 4 is 5.91 Å². The van der Waals surface area contributed by atoms with Crippen LogP contribution in [0.1, 0.15) is 34.5 Å². The summed E-state index contributed by atoms with van der Waals surface area (Å²) in [6.07, 6.45) is 0.792. The second kappa shape index (κ2) is 6.81. The minimum Gasteiger partial charge on any atom is -0.485 e. The number of carbonyl (C=O) groups excluding carboxylic acids is 1. The Labute approximate surface area is 123 Å². The molecule has 0 bridgehead atoms. The Morgan fingerprint density at radius 3 is 2.81 bits per heavy atom. The maximum atomic E-state index is 11.4. The molecule has 0 atom stereocenters. The highest BCUT2D eigenvalue weighted by atomic mass is 16.5. The summed E-state index contributed by atoms with van der Waals surface area (Å²) in [4.78, 5) is 20.1. The number of carbonyl (C=O) groups is 1. The molecule has 6 heteroatoms. The smallest absolute Gasteiger partial charge is 0.283 e. The Balaban J connectivity index is 2.11. The molecule has 2 heterocycles. The molecule has 2 aromatic rings. The van der Waals surface area contributed by atoms with E-state index in [0.29, 0.717) is 5.69 Å². The number of hydrazine groups is 1. The van der Waals surface area contributed by atoms with Gasteiger partial charge in [0.1, 0.15) is 18.1 Å². The van der Waals surface area contributed by atoms with Crippen molar-refractivity contribution in [3.63, 3.8) is 0 Å². The molecule has 0 aliphatic heterocycles. The molecule has 6 nitrogen and oxygen atoms in total. The molecule has 2 rings (SSSR count). The number of nitrogens with two attached hydrogens (primary N) is 1. The van der Waals surface area contributed by atoms with Gasteiger partial charge in [0.2, 0.25) is 0 Å². The summed E-state index contributed by atoms with van der Waals surface area (Å²) in [5.74, 6) is 5.40. The van der Waals surface area contributed by atoms with Gasteiger partial charge in [-0.3, -0.25) is 15.2 Å². The largest absolute Gasteiger partial charge is 0.485 e. The molecule has 0 saturated heterocycles. The molecule has 0 radical (unpaired) electrons. The highest BCUT2D eigenvalue weighted by Gasteiger charge is 2.08. The van der Waals surface area contributed by atoms with Crippen molar-refractivity contribution in [2.75, 3.05) is 0 Å². The quantitative estimate of drug-likeness (QED) is 0.494. The molecule has 0 saturated carbocycles. The molecular weight excluding hydrogens is 268 g/mol. The Bertz CT molecular complexity index is 643. The predicted molar refractivity (Wildman–Crippen MR) is 78.6 cm³/mol. The molecule has 0 aliphatic rings. The van der Waals surface area contributed by atoms with Crippen LogP contribution in [0.5, 0.6) is 5.75 Å². The van der Waals surface area contributed by atoms with Gasteiger partial charge in [0.25, 0.3) is 5.91 Å². The maximum Gasteiger partial charge on any atom is 0.283 e. The summed E-state index contributed by atoms with van der Waals surface area (Å²) in [7, 11) is 0. The van der Waals surface area contributed by atoms with Gasteiger partial charge in [-0.05, 0) is 37.6 Å². The van der Waals surface area contributed by atoms with Gasteiger partial charge in [0.05, 0.1) is 11.4 Å². The van der Waals surface area contributed by atoms with Crippen molar-refractivity contribution in [1.29, 1.82) is 0 Å². The van der Waals surface area contributed by atoms with Crippen LogP contribution in [0.4, 0.5) is 0 Å². The van der Waals surface area contributed by atoms with Crippen molar-refractivity contribution in [3.05, 3.63) is 53.1 Å². The zero-order valence-corrected chi connectivity index (χ0v) is 12.1. The average molecular weight is 286 g/mol. The fraction of sp³-hybridized carbons (Fsp3) is 0.267. The highest BCUT2D eigenvalue weighted by Crippen LogP contribution is 2.18. The summed E-state index contributed by atoms with van der Waals surface area (Å²) < 4.78 is 5.75. The van der Waals surface area contributed by atoms with Crippen molar-refractivity contribution < 1.29 is 9.53 Å². The van der Waals surface area contributed by atoms with Crippen LogP contribution in [0.15, 0.2) is 30.3 Å². The van der Waals surface area contributed by atoms with E-state index in [1.807, 2.05) is 26.0 Å². The van der Waals surface area contributed by atoms with Gasteiger partial charge < -0.3 is 4.74 Å². The summed E-state index contributed by atoms with van der Waals surface area (Å²) in [6, 6.07) is 8.93. The molecule has 3 N–H and O–H groups in total. The third-order valence-electron chi connectivity index (χ3n) is 2.95. The number of nitrogens with one attached hydrogen (secondary N) is 1. The van der Waals surface area contributed by atoms with Gasteiger partial charge in [-0.15, -0.1) is 0 Å². The van der Waals surface area contributed by atoms with Crippen LogP contribution in [0.3, 0.4) is 0 Å². The monoisotopic (exact) mass is 286 g/mol. The second-order valence-corrected chi connectivity index (χ2v) is 4.53. The number of amides is 1. The van der Waals surface area contributed by atoms with Gasteiger partial charge >= 0.3 is 0 Å². The van der Waals surface area contributed by atoms with E-state index in [0.717, 1.165) is 23.6 Å². The molecule has 110 valence electrons. The van der Waals surface area contributed by atoms with Gasteiger partial charge in [-0.1, -0.05) is 13.0 Å². The van der Waals surface area contributed by atoms with E-state index in [9.17, 15) is 4.79 Å². The Morgan fingerprint density at radius 2 is 2.10 bits per heavy atom. The van der Waals surface area contributed by atoms with E-state index < -0.39 is 5.91 Å². The first kappa shape index (κ1) is 14.9. The summed E-state index contributed by atoms with van der Waals surface area (Å²) in [6.45, 7) is 4.24. The Kier molecular flexibility index (Phi) is 4.84. The summed E-state index contributed by atoms with van der Waals surface area (Å²) >= 11 is 0. The van der Waals surface area contributed by atoms with E-state index >= 15 is 0 Å². The minimum atomic E-state index is -0.428. The number of rotatable bonds is 5. The minimum absolute atomic E-state index is 0.261. The van der Waals surface area contributed by atoms with Crippen LogP contribution in [-0.4, -0.2) is 15.9 Å². The Morgan fingerprint density at radius 1 is 1.29 bits per heavy atom. The lowest BCUT2D eigenvalue weighted by molar-refractivity contribution is 0.0948. The molecule has 0 aromatic carbocycles. The maximum absolute atomic E-state index is 11.4. The summed E-state index contributed by atoms with van der Waals surface area (Å²) in [5, 5.41) is 0. The van der Waals surface area contributed by atoms with E-state index in [-0.39, 0.29) is 12.3 Å². The number of hydrogen-bond acceptors (Lipinski definition) is 5. The normalized spacial score (nSPS) is 10.2. The van der Waals surface area contributed by atoms with Crippen LogP contribution in [0.2, 0.25) is 0 Å². The van der Waals surface area contributed by atoms with Crippen LogP contribution < -0.4 is 16.0 Å². The number of nitrogens with zero attached hydrogens (tertiary/aromatic N) is 2. The van der Waals surface area contributed by atoms with Gasteiger partial charge in [-0.25, -0.2) is 10.8 Å². The molecule has 1 amide bonds. The predicted octanol–water partition coefficient (Wildman–Crippen LogP) is 1.53. The van der Waals surface area contributed by atoms with Crippen molar-refractivity contribution in [2.45, 2.75) is 26.9 Å². The Hall–Kier alpha value is -2.47. The number of hydrogen-bond donors (Lipinski definition) is 2. The lowest BCUT2D eigenvalue weighted by Gasteiger charge is -2.10. The standard InChI is InChI=1S/C15H18N4O2/c1-3-12-14(8-7-10(2)17-12)21-9-11-5-4-6-13(18-11)15(20)19-16/h4-8H,3,9,16H2,1-2H3,(H,19,20). The summed E-state index contributed by atoms with van der Waals surface area (Å²) in [5.41, 5.74) is 4.83. The fourth-order valence-electron chi connectivity index (χ4n) is 1.89. The molecule has 0 spiro atoms. The van der Waals surface area contributed by atoms with E-state index in [4.69, 9.17) is 10.6 Å². The van der Waals surface area contributed by atoms with Crippen LogP contribution in [0.25, 0.3) is 0 Å². The van der Waals surface area contributed by atoms with Gasteiger partial charge in [0.15, 0.2) is 0 Å². The van der Waals surface area contributed by atoms with E-state index in [1.54, 1.807) is 18.2 Å². The number of pyridine rings is 2. The molecule has 0 unspecified atom stereocenters. The van der Waals surface area contributed by atoms with Crippen molar-refractivity contribution in [2.24, 2.45) is 5.84 Å². The third kappa shape index (κ3) is 3.76. The number of ether oxygens (including phenoxy) is 1. The first-order valence-corrected chi connectivity index (χ1v) is 6.70.